The second-order valence-electron chi connectivity index (χ2n) is 18.3. The highest BCUT2D eigenvalue weighted by Gasteiger charge is 2.42. The molecule has 0 radical (unpaired) electrons. The zero-order chi connectivity index (χ0) is 46.4. The number of anilines is 4. The van der Waals surface area contributed by atoms with Gasteiger partial charge in [-0.3, -0.25) is 0 Å². The van der Waals surface area contributed by atoms with Crippen molar-refractivity contribution in [3.8, 4) is 22.3 Å². The summed E-state index contributed by atoms with van der Waals surface area (Å²) in [6, 6.07) is 69.2. The van der Waals surface area contributed by atoms with Crippen molar-refractivity contribution in [1.29, 1.82) is 0 Å². The lowest BCUT2D eigenvalue weighted by molar-refractivity contribution is 0.449. The highest BCUT2D eigenvalue weighted by atomic mass is 19.1. The van der Waals surface area contributed by atoms with Crippen LogP contribution < -0.4 is 9.80 Å². The quantitative estimate of drug-likeness (QED) is 0.135. The van der Waals surface area contributed by atoms with Gasteiger partial charge in [0.15, 0.2) is 0 Å². The molecule has 4 atom stereocenters. The van der Waals surface area contributed by atoms with Crippen LogP contribution in [0.1, 0.15) is 46.6 Å². The van der Waals surface area contributed by atoms with Gasteiger partial charge >= 0.3 is 0 Å². The lowest BCUT2D eigenvalue weighted by Gasteiger charge is -2.43. The Morgan fingerprint density at radius 1 is 0.493 bits per heavy atom. The molecule has 0 fully saturated rings. The van der Waals surface area contributed by atoms with Gasteiger partial charge in [0.25, 0.3) is 0 Å². The van der Waals surface area contributed by atoms with Gasteiger partial charge in [-0.2, -0.15) is 0 Å². The molecule has 4 heteroatoms. The SMILES string of the molecule is CC1C(F)=C(N(c2ccccc2)c2ccc3c4c2C=CC2=CC=C(N(c5ccccc5)c5c(F)cc(-c6ccccc6)cc5-c5ccccc5)C(C=C3)C24)C(c2ccccc2)=CC1c1ccccc1. The normalized spacial score (nSPS) is 18.7. The van der Waals surface area contributed by atoms with Gasteiger partial charge in [-0.05, 0) is 93.1 Å². The highest BCUT2D eigenvalue weighted by molar-refractivity contribution is 5.95. The molecule has 0 aliphatic heterocycles. The molecule has 0 N–H and O–H groups in total. The number of nitrogens with zero attached hydrogens (tertiary/aromatic N) is 2. The van der Waals surface area contributed by atoms with Gasteiger partial charge < -0.3 is 9.80 Å². The molecule has 0 aromatic heterocycles. The van der Waals surface area contributed by atoms with E-state index >= 15 is 8.78 Å². The summed E-state index contributed by atoms with van der Waals surface area (Å²) in [4.78, 5) is 4.29. The maximum atomic E-state index is 18.1. The van der Waals surface area contributed by atoms with E-state index in [0.29, 0.717) is 11.4 Å². The van der Waals surface area contributed by atoms with E-state index in [-0.39, 0.29) is 29.4 Å². The van der Waals surface area contributed by atoms with E-state index in [1.54, 1.807) is 6.07 Å². The van der Waals surface area contributed by atoms with Crippen LogP contribution in [0.15, 0.2) is 259 Å². The molecule has 0 bridgehead atoms. The summed E-state index contributed by atoms with van der Waals surface area (Å²) in [5.41, 5.74) is 15.5. The monoisotopic (exact) mass is 894 g/mol. The van der Waals surface area contributed by atoms with Crippen LogP contribution in [0.25, 0.3) is 40.0 Å². The molecule has 0 spiro atoms. The lowest BCUT2D eigenvalue weighted by atomic mass is 9.67. The third kappa shape index (κ3) is 7.41. The fraction of sp³-hybridized carbons (Fsp3) is 0.0769. The van der Waals surface area contributed by atoms with Crippen molar-refractivity contribution in [2.24, 2.45) is 11.8 Å². The first-order valence-corrected chi connectivity index (χ1v) is 23.8. The molecule has 4 aliphatic carbocycles. The molecule has 332 valence electrons. The molecule has 4 aliphatic rings. The molecule has 0 saturated carbocycles. The van der Waals surface area contributed by atoms with Crippen LogP contribution in [0.3, 0.4) is 0 Å². The lowest BCUT2D eigenvalue weighted by Crippen LogP contribution is -2.32. The average molecular weight is 895 g/mol. The van der Waals surface area contributed by atoms with Crippen molar-refractivity contribution in [1.82, 2.24) is 0 Å². The van der Waals surface area contributed by atoms with Gasteiger partial charge in [-0.25, -0.2) is 8.78 Å². The van der Waals surface area contributed by atoms with Crippen molar-refractivity contribution in [2.45, 2.75) is 18.8 Å². The molecule has 12 rings (SSSR count). The summed E-state index contributed by atoms with van der Waals surface area (Å²) >= 11 is 0. The van der Waals surface area contributed by atoms with E-state index in [9.17, 15) is 0 Å². The number of rotatable bonds is 10. The van der Waals surface area contributed by atoms with Crippen LogP contribution in [0.5, 0.6) is 0 Å². The molecule has 69 heavy (non-hydrogen) atoms. The van der Waals surface area contributed by atoms with E-state index in [1.165, 1.54) is 11.1 Å². The van der Waals surface area contributed by atoms with Crippen molar-refractivity contribution < 1.29 is 8.78 Å². The average Bonchev–Trinajstić information content (AvgIpc) is 3.41. The molecule has 8 aromatic carbocycles. The Morgan fingerprint density at radius 3 is 1.72 bits per heavy atom. The van der Waals surface area contributed by atoms with Crippen LogP contribution in [0.2, 0.25) is 0 Å². The molecular weight excluding hydrogens is 847 g/mol. The maximum absolute atomic E-state index is 18.1. The van der Waals surface area contributed by atoms with Crippen LogP contribution in [-0.4, -0.2) is 0 Å². The van der Waals surface area contributed by atoms with Crippen molar-refractivity contribution in [3.63, 3.8) is 0 Å². The van der Waals surface area contributed by atoms with Gasteiger partial charge in [0.1, 0.15) is 11.6 Å². The van der Waals surface area contributed by atoms with E-state index in [0.717, 1.165) is 72.8 Å². The zero-order valence-electron chi connectivity index (χ0n) is 38.1. The van der Waals surface area contributed by atoms with Crippen LogP contribution in [0.4, 0.5) is 31.5 Å². The van der Waals surface area contributed by atoms with E-state index in [2.05, 4.69) is 131 Å². The number of allylic oxidation sites excluding steroid dienone is 8. The molecule has 4 unspecified atom stereocenters. The van der Waals surface area contributed by atoms with Crippen LogP contribution in [0, 0.1) is 17.7 Å². The molecule has 0 amide bonds. The van der Waals surface area contributed by atoms with E-state index < -0.39 is 5.92 Å². The summed E-state index contributed by atoms with van der Waals surface area (Å²) in [7, 11) is 0. The van der Waals surface area contributed by atoms with Gasteiger partial charge in [-0.1, -0.05) is 207 Å². The number of benzene rings is 8. The van der Waals surface area contributed by atoms with Crippen molar-refractivity contribution in [2.75, 3.05) is 9.80 Å². The summed E-state index contributed by atoms with van der Waals surface area (Å²) in [6.45, 7) is 2.01. The maximum Gasteiger partial charge on any atom is 0.148 e. The Labute approximate surface area is 403 Å². The second kappa shape index (κ2) is 17.7. The summed E-state index contributed by atoms with van der Waals surface area (Å²) < 4.78 is 35.7. The second-order valence-corrected chi connectivity index (χ2v) is 18.3. The molecular formula is C65H48F2N2. The van der Waals surface area contributed by atoms with Crippen molar-refractivity contribution >= 4 is 40.5 Å². The minimum Gasteiger partial charge on any atom is -0.310 e. The zero-order valence-corrected chi connectivity index (χ0v) is 38.1. The standard InChI is InChI=1S/C65H48F2N2/c1-43-55(45-22-10-3-11-23-45)42-57(47-26-14-5-15-27-47)65(63(43)67)69(52-30-18-7-19-31-52)60-39-35-49-32-36-53-59(38-34-48-33-37-54(60)62(49)61(48)53)68(51-28-16-6-17-29-51)64-56(46-24-12-4-13-25-46)40-50(41-58(64)66)44-20-8-2-9-21-44/h2-43,53,55,61H,1H3. The first-order valence-electron chi connectivity index (χ1n) is 23.8. The van der Waals surface area contributed by atoms with Crippen LogP contribution in [-0.2, 0) is 0 Å². The Kier molecular flexibility index (Phi) is 10.8. The Balaban J connectivity index is 1.03. The van der Waals surface area contributed by atoms with Crippen molar-refractivity contribution in [3.05, 3.63) is 293 Å². The smallest absolute Gasteiger partial charge is 0.148 e. The minimum absolute atomic E-state index is 0.101. The fourth-order valence-electron chi connectivity index (χ4n) is 11.1. The Hall–Kier alpha value is -8.34. The molecule has 0 saturated heterocycles. The highest BCUT2D eigenvalue weighted by Crippen LogP contribution is 2.56. The minimum atomic E-state index is -0.426. The van der Waals surface area contributed by atoms with E-state index in [1.807, 2.05) is 128 Å². The summed E-state index contributed by atoms with van der Waals surface area (Å²) in [6.07, 6.45) is 15.6. The van der Waals surface area contributed by atoms with Gasteiger partial charge in [0.2, 0.25) is 0 Å². The third-order valence-electron chi connectivity index (χ3n) is 14.3. The van der Waals surface area contributed by atoms with Gasteiger partial charge in [-0.15, -0.1) is 0 Å². The number of para-hydroxylation sites is 2. The predicted octanol–water partition coefficient (Wildman–Crippen LogP) is 17.4. The first-order chi connectivity index (χ1) is 34.0. The predicted molar refractivity (Wildman–Crippen MR) is 282 cm³/mol. The van der Waals surface area contributed by atoms with Crippen LogP contribution >= 0.6 is 0 Å². The largest absolute Gasteiger partial charge is 0.310 e. The fourth-order valence-corrected chi connectivity index (χ4v) is 11.1. The molecule has 0 heterocycles. The number of hydrogen-bond donors (Lipinski definition) is 0. The topological polar surface area (TPSA) is 6.48 Å². The molecule has 8 aromatic rings. The first kappa shape index (κ1) is 42.0. The number of hydrogen-bond acceptors (Lipinski definition) is 2. The Bertz CT molecular complexity index is 3410. The van der Waals surface area contributed by atoms with Gasteiger partial charge in [0.05, 0.1) is 17.1 Å². The number of halogens is 2. The summed E-state index contributed by atoms with van der Waals surface area (Å²) in [5, 5.41) is 0. The third-order valence-corrected chi connectivity index (χ3v) is 14.3. The molecule has 2 nitrogen and oxygen atoms in total. The van der Waals surface area contributed by atoms with Gasteiger partial charge in [0, 0.05) is 57.4 Å². The van der Waals surface area contributed by atoms with E-state index in [4.69, 9.17) is 0 Å². The summed E-state index contributed by atoms with van der Waals surface area (Å²) in [5.74, 6) is -1.33. The Morgan fingerprint density at radius 2 is 1.07 bits per heavy atom.